The van der Waals surface area contributed by atoms with Gasteiger partial charge in [0.25, 0.3) is 10.0 Å². The van der Waals surface area contributed by atoms with Crippen molar-refractivity contribution in [2.75, 3.05) is 10.8 Å². The third-order valence-corrected chi connectivity index (χ3v) is 9.97. The average molecular weight is 661 g/mol. The SMILES string of the molecule is Cc1ccc(Cl)cc1N(CC(=O)N(Cc1ccc(Br)cc1)C(C)C(=O)NC1CCCCC1)S(=O)(=O)c1ccccc1. The number of hydrogen-bond acceptors (Lipinski definition) is 4. The Balaban J connectivity index is 1.69. The molecule has 1 saturated carbocycles. The van der Waals surface area contributed by atoms with E-state index in [1.807, 2.05) is 24.3 Å². The standard InChI is InChI=1S/C31H35BrClN3O4S/c1-22-13-18-26(33)19-29(22)36(41(39,40)28-11-7-4-8-12-28)21-30(37)35(20-24-14-16-25(32)17-15-24)23(2)31(38)34-27-9-5-3-6-10-27/h4,7-8,11-19,23,27H,3,5-6,9-10,20-21H2,1-2H3,(H,34,38). The fourth-order valence-electron chi connectivity index (χ4n) is 5.02. The van der Waals surface area contributed by atoms with E-state index in [0.717, 1.165) is 46.4 Å². The fraction of sp³-hybridized carbons (Fsp3) is 0.355. The Morgan fingerprint density at radius 1 is 1.00 bits per heavy atom. The lowest BCUT2D eigenvalue weighted by atomic mass is 9.95. The van der Waals surface area contributed by atoms with E-state index in [4.69, 9.17) is 11.6 Å². The zero-order valence-corrected chi connectivity index (χ0v) is 26.4. The molecule has 0 bridgehead atoms. The van der Waals surface area contributed by atoms with Crippen molar-refractivity contribution in [2.24, 2.45) is 0 Å². The normalized spacial score (nSPS) is 14.7. The van der Waals surface area contributed by atoms with Crippen LogP contribution in [0.3, 0.4) is 0 Å². The van der Waals surface area contributed by atoms with Crippen molar-refractivity contribution < 1.29 is 18.0 Å². The van der Waals surface area contributed by atoms with Crippen LogP contribution in [-0.2, 0) is 26.2 Å². The first-order chi connectivity index (χ1) is 19.6. The van der Waals surface area contributed by atoms with Gasteiger partial charge in [-0.2, -0.15) is 0 Å². The summed E-state index contributed by atoms with van der Waals surface area (Å²) < 4.78 is 29.9. The molecule has 4 rings (SSSR count). The van der Waals surface area contributed by atoms with Gasteiger partial charge in [0, 0.05) is 22.1 Å². The molecule has 2 amide bonds. The van der Waals surface area contributed by atoms with Crippen LogP contribution in [0.2, 0.25) is 5.02 Å². The molecule has 10 heteroatoms. The molecule has 3 aromatic rings. The minimum absolute atomic E-state index is 0.0507. The molecule has 3 aromatic carbocycles. The summed E-state index contributed by atoms with van der Waals surface area (Å²) in [6.45, 7) is 3.09. The Hall–Kier alpha value is -2.88. The molecular formula is C31H35BrClN3O4S. The number of halogens is 2. The minimum atomic E-state index is -4.15. The number of nitrogens with one attached hydrogen (secondary N) is 1. The molecule has 1 atom stereocenters. The van der Waals surface area contributed by atoms with E-state index >= 15 is 0 Å². The number of nitrogens with zero attached hydrogens (tertiary/aromatic N) is 2. The fourth-order valence-corrected chi connectivity index (χ4v) is 6.94. The van der Waals surface area contributed by atoms with Gasteiger partial charge in [0.05, 0.1) is 10.6 Å². The summed E-state index contributed by atoms with van der Waals surface area (Å²) in [5.41, 5.74) is 1.76. The summed E-state index contributed by atoms with van der Waals surface area (Å²) in [6, 6.07) is 19.6. The number of rotatable bonds is 10. The van der Waals surface area contributed by atoms with Crippen molar-refractivity contribution in [1.82, 2.24) is 10.2 Å². The predicted molar refractivity (Wildman–Crippen MR) is 166 cm³/mol. The van der Waals surface area contributed by atoms with Crippen molar-refractivity contribution in [3.05, 3.63) is 93.4 Å². The monoisotopic (exact) mass is 659 g/mol. The molecule has 1 N–H and O–H groups in total. The Kier molecular flexibility index (Phi) is 10.5. The van der Waals surface area contributed by atoms with Crippen LogP contribution < -0.4 is 9.62 Å². The Labute approximate surface area is 256 Å². The van der Waals surface area contributed by atoms with E-state index in [2.05, 4.69) is 21.2 Å². The van der Waals surface area contributed by atoms with Gasteiger partial charge in [-0.05, 0) is 74.2 Å². The number of sulfonamides is 1. The lowest BCUT2D eigenvalue weighted by molar-refractivity contribution is -0.139. The summed E-state index contributed by atoms with van der Waals surface area (Å²) in [5.74, 6) is -0.753. The van der Waals surface area contributed by atoms with Crippen LogP contribution in [0.15, 0.2) is 82.2 Å². The maximum absolute atomic E-state index is 14.1. The van der Waals surface area contributed by atoms with Crippen LogP contribution in [0.5, 0.6) is 0 Å². The molecule has 0 saturated heterocycles. The molecule has 0 heterocycles. The summed E-state index contributed by atoms with van der Waals surface area (Å²) in [6.07, 6.45) is 5.11. The first-order valence-electron chi connectivity index (χ1n) is 13.7. The molecule has 0 aliphatic heterocycles. The van der Waals surface area contributed by atoms with E-state index in [9.17, 15) is 18.0 Å². The molecule has 7 nitrogen and oxygen atoms in total. The first-order valence-corrected chi connectivity index (χ1v) is 16.4. The molecule has 0 aromatic heterocycles. The number of carbonyl (C=O) groups is 2. The summed E-state index contributed by atoms with van der Waals surface area (Å²) in [5, 5.41) is 3.46. The third-order valence-electron chi connectivity index (χ3n) is 7.43. The van der Waals surface area contributed by atoms with Gasteiger partial charge in [-0.15, -0.1) is 0 Å². The highest BCUT2D eigenvalue weighted by atomic mass is 79.9. The van der Waals surface area contributed by atoms with Gasteiger partial charge in [0.1, 0.15) is 12.6 Å². The van der Waals surface area contributed by atoms with Crippen LogP contribution in [0, 0.1) is 6.92 Å². The molecule has 1 aliphatic carbocycles. The maximum atomic E-state index is 14.1. The smallest absolute Gasteiger partial charge is 0.264 e. The van der Waals surface area contributed by atoms with Crippen LogP contribution in [0.25, 0.3) is 0 Å². The first kappa shape index (κ1) is 31.1. The van der Waals surface area contributed by atoms with Crippen molar-refractivity contribution in [1.29, 1.82) is 0 Å². The zero-order valence-electron chi connectivity index (χ0n) is 23.2. The summed E-state index contributed by atoms with van der Waals surface area (Å²) >= 11 is 9.72. The number of carbonyl (C=O) groups excluding carboxylic acids is 2. The second kappa shape index (κ2) is 13.9. The van der Waals surface area contributed by atoms with Crippen LogP contribution >= 0.6 is 27.5 Å². The Bertz CT molecular complexity index is 1460. The van der Waals surface area contributed by atoms with Gasteiger partial charge in [0.2, 0.25) is 11.8 Å². The van der Waals surface area contributed by atoms with Gasteiger partial charge in [-0.25, -0.2) is 8.42 Å². The quantitative estimate of drug-likeness (QED) is 0.270. The lowest BCUT2D eigenvalue weighted by Gasteiger charge is -2.33. The van der Waals surface area contributed by atoms with Crippen LogP contribution in [0.1, 0.15) is 50.2 Å². The highest BCUT2D eigenvalue weighted by Gasteiger charge is 2.33. The number of anilines is 1. The molecule has 41 heavy (non-hydrogen) atoms. The van der Waals surface area contributed by atoms with Gasteiger partial charge in [-0.1, -0.05) is 83.2 Å². The molecule has 0 radical (unpaired) electrons. The molecule has 0 spiro atoms. The second-order valence-electron chi connectivity index (χ2n) is 10.4. The number of amides is 2. The lowest BCUT2D eigenvalue weighted by Crippen LogP contribution is -2.53. The van der Waals surface area contributed by atoms with Gasteiger partial charge < -0.3 is 10.2 Å². The van der Waals surface area contributed by atoms with Gasteiger partial charge in [0.15, 0.2) is 0 Å². The Morgan fingerprint density at radius 3 is 2.32 bits per heavy atom. The number of hydrogen-bond donors (Lipinski definition) is 1. The van der Waals surface area contributed by atoms with E-state index < -0.39 is 28.5 Å². The van der Waals surface area contributed by atoms with E-state index in [0.29, 0.717) is 16.3 Å². The number of aryl methyl sites for hydroxylation is 1. The van der Waals surface area contributed by atoms with Crippen molar-refractivity contribution in [2.45, 2.75) is 69.5 Å². The van der Waals surface area contributed by atoms with Crippen LogP contribution in [0.4, 0.5) is 5.69 Å². The topological polar surface area (TPSA) is 86.8 Å². The van der Waals surface area contributed by atoms with Gasteiger partial charge >= 0.3 is 0 Å². The third kappa shape index (κ3) is 7.90. The van der Waals surface area contributed by atoms with E-state index in [1.165, 1.54) is 17.0 Å². The minimum Gasteiger partial charge on any atom is -0.352 e. The van der Waals surface area contributed by atoms with Crippen molar-refractivity contribution in [3.63, 3.8) is 0 Å². The van der Waals surface area contributed by atoms with E-state index in [-0.39, 0.29) is 23.4 Å². The van der Waals surface area contributed by atoms with Crippen molar-refractivity contribution in [3.8, 4) is 0 Å². The largest absolute Gasteiger partial charge is 0.352 e. The summed E-state index contributed by atoms with van der Waals surface area (Å²) in [7, 11) is -4.15. The van der Waals surface area contributed by atoms with Crippen LogP contribution in [-0.4, -0.2) is 43.8 Å². The van der Waals surface area contributed by atoms with E-state index in [1.54, 1.807) is 50.2 Å². The predicted octanol–water partition coefficient (Wildman–Crippen LogP) is 6.47. The van der Waals surface area contributed by atoms with Gasteiger partial charge in [-0.3, -0.25) is 13.9 Å². The number of benzene rings is 3. The second-order valence-corrected chi connectivity index (χ2v) is 13.6. The molecule has 1 fully saturated rings. The molecule has 1 unspecified atom stereocenters. The maximum Gasteiger partial charge on any atom is 0.264 e. The zero-order chi connectivity index (χ0) is 29.6. The highest BCUT2D eigenvalue weighted by molar-refractivity contribution is 9.10. The average Bonchev–Trinajstić information content (AvgIpc) is 2.97. The summed E-state index contributed by atoms with van der Waals surface area (Å²) in [4.78, 5) is 29.0. The Morgan fingerprint density at radius 2 is 1.66 bits per heavy atom. The molecular weight excluding hydrogens is 626 g/mol. The molecule has 218 valence electrons. The molecule has 1 aliphatic rings. The van der Waals surface area contributed by atoms with Crippen molar-refractivity contribution >= 4 is 55.1 Å². The highest BCUT2D eigenvalue weighted by Crippen LogP contribution is 2.30.